The van der Waals surface area contributed by atoms with Gasteiger partial charge in [-0.05, 0) is 12.1 Å². The molecule has 0 unspecified atom stereocenters. The molecule has 2 aromatic heterocycles. The van der Waals surface area contributed by atoms with Gasteiger partial charge in [0.05, 0.1) is 0 Å². The van der Waals surface area contributed by atoms with Crippen molar-refractivity contribution in [2.24, 2.45) is 0 Å². The van der Waals surface area contributed by atoms with Gasteiger partial charge in [0.25, 0.3) is 5.91 Å². The van der Waals surface area contributed by atoms with E-state index in [1.165, 1.54) is 10.8 Å². The number of carbonyl (C=O) groups is 2. The highest BCUT2D eigenvalue weighted by atomic mass is 32.2. The summed E-state index contributed by atoms with van der Waals surface area (Å²) in [6, 6.07) is 4.00. The molecule has 0 saturated heterocycles. The summed E-state index contributed by atoms with van der Waals surface area (Å²) in [6.07, 6.45) is 1.22. The Morgan fingerprint density at radius 3 is 2.58 bits per heavy atom. The van der Waals surface area contributed by atoms with E-state index >= 15 is 0 Å². The molecule has 1 aromatic carbocycles. The number of aromatic amines is 1. The number of halogens is 2. The number of H-pyrrole nitrogens is 1. The Hall–Kier alpha value is -3.21. The molecule has 0 saturated carbocycles. The van der Waals surface area contributed by atoms with E-state index in [9.17, 15) is 23.2 Å². The first kappa shape index (κ1) is 17.6. The number of rotatable bonds is 5. The van der Waals surface area contributed by atoms with Crippen LogP contribution >= 0.6 is 11.8 Å². The third-order valence-corrected chi connectivity index (χ3v) is 4.20. The zero-order valence-electron chi connectivity index (χ0n) is 12.8. The number of amides is 1. The lowest BCUT2D eigenvalue weighted by molar-refractivity contribution is -0.135. The van der Waals surface area contributed by atoms with Crippen LogP contribution in [0.2, 0.25) is 0 Å². The minimum absolute atomic E-state index is 0.0419. The Morgan fingerprint density at radius 1 is 1.23 bits per heavy atom. The summed E-state index contributed by atoms with van der Waals surface area (Å²) in [6.45, 7) is -0.659. The van der Waals surface area contributed by atoms with Crippen molar-refractivity contribution in [2.75, 3.05) is 6.54 Å². The van der Waals surface area contributed by atoms with E-state index in [2.05, 4.69) is 15.4 Å². The van der Waals surface area contributed by atoms with E-state index in [4.69, 9.17) is 5.11 Å². The molecule has 11 heteroatoms. The van der Waals surface area contributed by atoms with Gasteiger partial charge in [-0.25, -0.2) is 18.3 Å². The minimum atomic E-state index is -1.27. The maximum Gasteiger partial charge on any atom is 0.322 e. The van der Waals surface area contributed by atoms with Gasteiger partial charge in [-0.1, -0.05) is 11.8 Å². The molecule has 2 heterocycles. The Bertz CT molecular complexity index is 1060. The van der Waals surface area contributed by atoms with E-state index in [1.807, 2.05) is 0 Å². The van der Waals surface area contributed by atoms with Gasteiger partial charge in [0.1, 0.15) is 35.1 Å². The molecule has 0 aliphatic heterocycles. The SMILES string of the molecule is O=C(O)CNC(=O)c1c(=O)cc(Sc2cc(F)cc(F)c2)n2[nH]cnc12. The minimum Gasteiger partial charge on any atom is -0.480 e. The maximum absolute atomic E-state index is 13.3. The standard InChI is InChI=1S/C15H10F2N4O4S/c16-7-1-8(17)3-9(2-7)26-11-4-10(22)13(14-19-6-20-21(11)14)15(25)18-5-12(23)24/h1-4,6H,5H2,(H,18,25)(H,19,20)(H,23,24). The number of carboxylic acid groups (broad SMARTS) is 1. The van der Waals surface area contributed by atoms with Crippen molar-refractivity contribution in [3.8, 4) is 0 Å². The van der Waals surface area contributed by atoms with Crippen molar-refractivity contribution in [3.05, 3.63) is 58.0 Å². The lowest BCUT2D eigenvalue weighted by Crippen LogP contribution is -2.33. The number of hydrogen-bond donors (Lipinski definition) is 3. The smallest absolute Gasteiger partial charge is 0.322 e. The van der Waals surface area contributed by atoms with E-state index in [0.717, 1.165) is 36.0 Å². The molecule has 0 atom stereocenters. The second-order valence-corrected chi connectivity index (χ2v) is 6.15. The molecule has 8 nitrogen and oxygen atoms in total. The highest BCUT2D eigenvalue weighted by Crippen LogP contribution is 2.28. The van der Waals surface area contributed by atoms with Gasteiger partial charge in [0.2, 0.25) is 0 Å². The molecule has 0 aliphatic rings. The molecule has 0 fully saturated rings. The van der Waals surface area contributed by atoms with Crippen LogP contribution in [0.3, 0.4) is 0 Å². The van der Waals surface area contributed by atoms with Gasteiger partial charge in [-0.15, -0.1) is 0 Å². The highest BCUT2D eigenvalue weighted by Gasteiger charge is 2.20. The number of aliphatic carboxylic acids is 1. The van der Waals surface area contributed by atoms with Crippen LogP contribution in [0.25, 0.3) is 5.65 Å². The first-order valence-corrected chi connectivity index (χ1v) is 7.90. The van der Waals surface area contributed by atoms with Crippen LogP contribution in [-0.2, 0) is 4.79 Å². The molecule has 26 heavy (non-hydrogen) atoms. The summed E-state index contributed by atoms with van der Waals surface area (Å²) < 4.78 is 28.0. The predicted octanol–water partition coefficient (Wildman–Crippen LogP) is 1.27. The molecule has 0 bridgehead atoms. The third kappa shape index (κ3) is 3.57. The molecule has 0 spiro atoms. The number of carbonyl (C=O) groups excluding carboxylic acids is 1. The number of nitrogens with zero attached hydrogens (tertiary/aromatic N) is 2. The quantitative estimate of drug-likeness (QED) is 0.614. The largest absolute Gasteiger partial charge is 0.480 e. The number of carboxylic acids is 1. The molecule has 134 valence electrons. The Kier molecular flexibility index (Phi) is 4.71. The van der Waals surface area contributed by atoms with Crippen LogP contribution in [-0.4, -0.2) is 38.1 Å². The molecule has 3 N–H and O–H groups in total. The number of aromatic nitrogens is 3. The number of fused-ring (bicyclic) bond motifs is 1. The van der Waals surface area contributed by atoms with Crippen molar-refractivity contribution >= 4 is 29.3 Å². The Labute approximate surface area is 147 Å². The summed E-state index contributed by atoms with van der Waals surface area (Å²) in [4.78, 5) is 39.1. The van der Waals surface area contributed by atoms with Crippen molar-refractivity contribution < 1.29 is 23.5 Å². The summed E-state index contributed by atoms with van der Waals surface area (Å²) >= 11 is 0.889. The summed E-state index contributed by atoms with van der Waals surface area (Å²) in [5, 5.41) is 13.6. The molecule has 3 rings (SSSR count). The van der Waals surface area contributed by atoms with Crippen LogP contribution in [0, 0.1) is 11.6 Å². The van der Waals surface area contributed by atoms with Crippen molar-refractivity contribution in [2.45, 2.75) is 9.92 Å². The van der Waals surface area contributed by atoms with Gasteiger partial charge >= 0.3 is 5.97 Å². The number of pyridine rings is 1. The second-order valence-electron chi connectivity index (χ2n) is 5.05. The first-order valence-electron chi connectivity index (χ1n) is 7.08. The molecule has 0 aliphatic carbocycles. The van der Waals surface area contributed by atoms with Crippen molar-refractivity contribution in [3.63, 3.8) is 0 Å². The van der Waals surface area contributed by atoms with Crippen LogP contribution < -0.4 is 10.7 Å². The molecular weight excluding hydrogens is 370 g/mol. The second kappa shape index (κ2) is 6.96. The average Bonchev–Trinajstić information content (AvgIpc) is 3.01. The van der Waals surface area contributed by atoms with Crippen LogP contribution in [0.5, 0.6) is 0 Å². The van der Waals surface area contributed by atoms with Gasteiger partial charge < -0.3 is 10.4 Å². The summed E-state index contributed by atoms with van der Waals surface area (Å²) in [5.41, 5.74) is -1.10. The predicted molar refractivity (Wildman–Crippen MR) is 86.3 cm³/mol. The van der Waals surface area contributed by atoms with Crippen LogP contribution in [0.4, 0.5) is 8.78 Å². The van der Waals surface area contributed by atoms with Gasteiger partial charge in [0.15, 0.2) is 11.1 Å². The average molecular weight is 380 g/mol. The summed E-state index contributed by atoms with van der Waals surface area (Å²) in [7, 11) is 0. The fourth-order valence-electron chi connectivity index (χ4n) is 2.21. The van der Waals surface area contributed by atoms with Gasteiger partial charge in [-0.3, -0.25) is 19.5 Å². The zero-order valence-corrected chi connectivity index (χ0v) is 13.6. The zero-order chi connectivity index (χ0) is 18.8. The maximum atomic E-state index is 13.3. The lowest BCUT2D eigenvalue weighted by Gasteiger charge is -2.08. The van der Waals surface area contributed by atoms with Crippen molar-refractivity contribution in [1.29, 1.82) is 0 Å². The monoisotopic (exact) mass is 380 g/mol. The lowest BCUT2D eigenvalue weighted by atomic mass is 10.2. The fraction of sp³-hybridized carbons (Fsp3) is 0.0667. The third-order valence-electron chi connectivity index (χ3n) is 3.22. The van der Waals surface area contributed by atoms with Gasteiger partial charge in [0, 0.05) is 17.0 Å². The van der Waals surface area contributed by atoms with E-state index < -0.39 is 35.5 Å². The normalized spacial score (nSPS) is 10.8. The molecule has 3 aromatic rings. The van der Waals surface area contributed by atoms with Crippen LogP contribution in [0.15, 0.2) is 45.3 Å². The fourth-order valence-corrected chi connectivity index (χ4v) is 3.19. The van der Waals surface area contributed by atoms with Crippen LogP contribution in [0.1, 0.15) is 10.4 Å². The molecule has 0 radical (unpaired) electrons. The topological polar surface area (TPSA) is 117 Å². The van der Waals surface area contributed by atoms with E-state index in [-0.39, 0.29) is 21.1 Å². The Balaban J connectivity index is 2.03. The number of nitrogens with one attached hydrogen (secondary N) is 2. The molecule has 1 amide bonds. The number of hydrogen-bond acceptors (Lipinski definition) is 5. The number of benzene rings is 1. The van der Waals surface area contributed by atoms with Crippen molar-refractivity contribution in [1.82, 2.24) is 19.9 Å². The molecular formula is C15H10F2N4O4S. The highest BCUT2D eigenvalue weighted by molar-refractivity contribution is 7.99. The van der Waals surface area contributed by atoms with Gasteiger partial charge in [-0.2, -0.15) is 0 Å². The first-order chi connectivity index (χ1) is 12.3. The Morgan fingerprint density at radius 2 is 1.92 bits per heavy atom. The van der Waals surface area contributed by atoms with E-state index in [0.29, 0.717) is 0 Å². The van der Waals surface area contributed by atoms with E-state index in [1.54, 1.807) is 0 Å². The summed E-state index contributed by atoms with van der Waals surface area (Å²) in [5.74, 6) is -3.71.